The van der Waals surface area contributed by atoms with Gasteiger partial charge in [0.05, 0.1) is 13.2 Å². The molecule has 0 radical (unpaired) electrons. The Bertz CT molecular complexity index is 545. The van der Waals surface area contributed by atoms with Crippen molar-refractivity contribution >= 4 is 17.6 Å². The third kappa shape index (κ3) is 5.78. The molecule has 0 bridgehead atoms. The number of ether oxygens (including phenoxy) is 1. The van der Waals surface area contributed by atoms with Gasteiger partial charge in [0.25, 0.3) is 0 Å². The fourth-order valence-corrected chi connectivity index (χ4v) is 2.40. The number of urea groups is 1. The summed E-state index contributed by atoms with van der Waals surface area (Å²) < 4.78 is 17.7. The molecule has 0 aromatic heterocycles. The first kappa shape index (κ1) is 18.2. The standard InChI is InChI=1S/C16H23FN4O3/c1-24-11-6-18-15(22)12-20-7-9-21(10-8-20)16(23)19-14-4-2-13(17)3-5-14/h2-5H,6-12H2,1H3,(H,18,22)(H,19,23). The van der Waals surface area contributed by atoms with Gasteiger partial charge in [-0.3, -0.25) is 9.69 Å². The number of amides is 3. The average Bonchev–Trinajstić information content (AvgIpc) is 2.58. The van der Waals surface area contributed by atoms with E-state index < -0.39 is 0 Å². The first-order chi connectivity index (χ1) is 11.6. The number of piperazine rings is 1. The van der Waals surface area contributed by atoms with E-state index in [9.17, 15) is 14.0 Å². The molecule has 1 aliphatic heterocycles. The summed E-state index contributed by atoms with van der Waals surface area (Å²) in [4.78, 5) is 27.6. The molecule has 0 aliphatic carbocycles. The van der Waals surface area contributed by atoms with E-state index in [2.05, 4.69) is 10.6 Å². The minimum absolute atomic E-state index is 0.0451. The minimum Gasteiger partial charge on any atom is -0.383 e. The Balaban J connectivity index is 1.70. The Hall–Kier alpha value is -2.19. The average molecular weight is 338 g/mol. The van der Waals surface area contributed by atoms with Crippen LogP contribution in [0.2, 0.25) is 0 Å². The van der Waals surface area contributed by atoms with E-state index in [0.29, 0.717) is 51.6 Å². The summed E-state index contributed by atoms with van der Waals surface area (Å²) in [7, 11) is 1.59. The van der Waals surface area contributed by atoms with Crippen LogP contribution in [0.3, 0.4) is 0 Å². The number of hydrogen-bond donors (Lipinski definition) is 2. The summed E-state index contributed by atoms with van der Waals surface area (Å²) in [6, 6.07) is 5.43. The van der Waals surface area contributed by atoms with Gasteiger partial charge >= 0.3 is 6.03 Å². The number of anilines is 1. The lowest BCUT2D eigenvalue weighted by Crippen LogP contribution is -2.52. The van der Waals surface area contributed by atoms with E-state index in [4.69, 9.17) is 4.74 Å². The lowest BCUT2D eigenvalue weighted by atomic mass is 10.3. The predicted octanol–water partition coefficient (Wildman–Crippen LogP) is 0.738. The lowest BCUT2D eigenvalue weighted by Gasteiger charge is -2.34. The number of nitrogens with one attached hydrogen (secondary N) is 2. The van der Waals surface area contributed by atoms with Gasteiger partial charge in [0.2, 0.25) is 5.91 Å². The number of hydrogen-bond acceptors (Lipinski definition) is 4. The van der Waals surface area contributed by atoms with E-state index in [1.807, 2.05) is 4.90 Å². The van der Waals surface area contributed by atoms with Crippen LogP contribution in [-0.4, -0.2) is 74.7 Å². The fourth-order valence-electron chi connectivity index (χ4n) is 2.40. The van der Waals surface area contributed by atoms with Crippen LogP contribution < -0.4 is 10.6 Å². The summed E-state index contributed by atoms with van der Waals surface area (Å²) >= 11 is 0. The molecule has 7 nitrogen and oxygen atoms in total. The molecule has 1 fully saturated rings. The highest BCUT2D eigenvalue weighted by Crippen LogP contribution is 2.10. The van der Waals surface area contributed by atoms with E-state index in [0.717, 1.165) is 0 Å². The predicted molar refractivity (Wildman–Crippen MR) is 88.3 cm³/mol. The molecule has 2 N–H and O–H groups in total. The third-order valence-corrected chi connectivity index (χ3v) is 3.75. The maximum Gasteiger partial charge on any atom is 0.321 e. The van der Waals surface area contributed by atoms with Crippen molar-refractivity contribution in [1.29, 1.82) is 0 Å². The molecule has 8 heteroatoms. The zero-order valence-corrected chi connectivity index (χ0v) is 13.8. The monoisotopic (exact) mass is 338 g/mol. The Morgan fingerprint density at radius 3 is 2.46 bits per heavy atom. The number of carbonyl (C=O) groups excluding carboxylic acids is 2. The number of methoxy groups -OCH3 is 1. The molecule has 0 unspecified atom stereocenters. The second kappa shape index (κ2) is 9.19. The van der Waals surface area contributed by atoms with Crippen LogP contribution in [0.4, 0.5) is 14.9 Å². The highest BCUT2D eigenvalue weighted by molar-refractivity contribution is 5.89. The summed E-state index contributed by atoms with van der Waals surface area (Å²) in [6.07, 6.45) is 0. The normalized spacial score (nSPS) is 15.2. The SMILES string of the molecule is COCCNC(=O)CN1CCN(C(=O)Nc2ccc(F)cc2)CC1. The molecule has 24 heavy (non-hydrogen) atoms. The molecule has 1 aromatic carbocycles. The van der Waals surface area contributed by atoms with E-state index in [1.54, 1.807) is 12.0 Å². The third-order valence-electron chi connectivity index (χ3n) is 3.75. The van der Waals surface area contributed by atoms with E-state index >= 15 is 0 Å². The number of rotatable bonds is 6. The molecular weight excluding hydrogens is 315 g/mol. The van der Waals surface area contributed by atoms with E-state index in [-0.39, 0.29) is 17.8 Å². The maximum absolute atomic E-state index is 12.9. The van der Waals surface area contributed by atoms with Crippen LogP contribution in [-0.2, 0) is 9.53 Å². The van der Waals surface area contributed by atoms with Crippen LogP contribution in [0.1, 0.15) is 0 Å². The highest BCUT2D eigenvalue weighted by Gasteiger charge is 2.22. The van der Waals surface area contributed by atoms with Gasteiger partial charge in [-0.2, -0.15) is 0 Å². The molecule has 0 saturated carbocycles. The van der Waals surface area contributed by atoms with Crippen molar-refractivity contribution in [2.75, 3.05) is 58.3 Å². The fraction of sp³-hybridized carbons (Fsp3) is 0.500. The Labute approximate surface area is 140 Å². The zero-order chi connectivity index (χ0) is 17.4. The summed E-state index contributed by atoms with van der Waals surface area (Å²) in [5.74, 6) is -0.387. The lowest BCUT2D eigenvalue weighted by molar-refractivity contribution is -0.122. The number of benzene rings is 1. The molecule has 132 valence electrons. The van der Waals surface area contributed by atoms with Gasteiger partial charge in [0.1, 0.15) is 5.82 Å². The van der Waals surface area contributed by atoms with Crippen molar-refractivity contribution in [3.05, 3.63) is 30.1 Å². The molecule has 0 spiro atoms. The minimum atomic E-state index is -0.342. The molecular formula is C16H23FN4O3. The van der Waals surface area contributed by atoms with Gasteiger partial charge in [-0.1, -0.05) is 0 Å². The van der Waals surface area contributed by atoms with Crippen molar-refractivity contribution in [2.24, 2.45) is 0 Å². The summed E-state index contributed by atoms with van der Waals surface area (Å²) in [6.45, 7) is 3.65. The van der Waals surface area contributed by atoms with E-state index in [1.165, 1.54) is 24.3 Å². The molecule has 1 heterocycles. The second-order valence-corrected chi connectivity index (χ2v) is 5.54. The van der Waals surface area contributed by atoms with Crippen molar-refractivity contribution < 1.29 is 18.7 Å². The number of halogens is 1. The quantitative estimate of drug-likeness (QED) is 0.751. The van der Waals surface area contributed by atoms with Crippen molar-refractivity contribution in [3.8, 4) is 0 Å². The van der Waals surface area contributed by atoms with Crippen molar-refractivity contribution in [2.45, 2.75) is 0 Å². The summed E-state index contributed by atoms with van der Waals surface area (Å²) in [5.41, 5.74) is 0.557. The van der Waals surface area contributed by atoms with Crippen molar-refractivity contribution in [1.82, 2.24) is 15.1 Å². The second-order valence-electron chi connectivity index (χ2n) is 5.54. The molecule has 2 rings (SSSR count). The smallest absolute Gasteiger partial charge is 0.321 e. The van der Waals surface area contributed by atoms with Crippen LogP contribution in [0.25, 0.3) is 0 Å². The Morgan fingerprint density at radius 2 is 1.83 bits per heavy atom. The van der Waals surface area contributed by atoms with Crippen LogP contribution >= 0.6 is 0 Å². The van der Waals surface area contributed by atoms with Crippen LogP contribution in [0.5, 0.6) is 0 Å². The first-order valence-electron chi connectivity index (χ1n) is 7.88. The van der Waals surface area contributed by atoms with Gasteiger partial charge in [-0.15, -0.1) is 0 Å². The van der Waals surface area contributed by atoms with Gasteiger partial charge in [0.15, 0.2) is 0 Å². The van der Waals surface area contributed by atoms with Crippen LogP contribution in [0, 0.1) is 5.82 Å². The largest absolute Gasteiger partial charge is 0.383 e. The maximum atomic E-state index is 12.9. The summed E-state index contributed by atoms with van der Waals surface area (Å²) in [5, 5.41) is 5.51. The zero-order valence-electron chi connectivity index (χ0n) is 13.8. The molecule has 1 aliphatic rings. The topological polar surface area (TPSA) is 73.9 Å². The Morgan fingerprint density at radius 1 is 1.17 bits per heavy atom. The molecule has 1 aromatic rings. The van der Waals surface area contributed by atoms with Gasteiger partial charge in [-0.25, -0.2) is 9.18 Å². The number of nitrogens with zero attached hydrogens (tertiary/aromatic N) is 2. The first-order valence-corrected chi connectivity index (χ1v) is 7.88. The van der Waals surface area contributed by atoms with Gasteiger partial charge < -0.3 is 20.3 Å². The molecule has 3 amide bonds. The van der Waals surface area contributed by atoms with Crippen molar-refractivity contribution in [3.63, 3.8) is 0 Å². The Kier molecular flexibility index (Phi) is 6.95. The number of carbonyl (C=O) groups is 2. The molecule has 0 atom stereocenters. The molecule has 1 saturated heterocycles. The highest BCUT2D eigenvalue weighted by atomic mass is 19.1. The van der Waals surface area contributed by atoms with Crippen LogP contribution in [0.15, 0.2) is 24.3 Å². The van der Waals surface area contributed by atoms with Gasteiger partial charge in [0, 0.05) is 45.5 Å². The van der Waals surface area contributed by atoms with Gasteiger partial charge in [-0.05, 0) is 24.3 Å².